The van der Waals surface area contributed by atoms with Gasteiger partial charge < -0.3 is 4.90 Å². The van der Waals surface area contributed by atoms with Crippen LogP contribution < -0.4 is 0 Å². The van der Waals surface area contributed by atoms with Gasteiger partial charge in [0.15, 0.2) is 0 Å². The summed E-state index contributed by atoms with van der Waals surface area (Å²) in [4.78, 5) is 16.9. The average Bonchev–Trinajstić information content (AvgIpc) is 3.36. The first-order valence-corrected chi connectivity index (χ1v) is 8.97. The van der Waals surface area contributed by atoms with Gasteiger partial charge in [-0.25, -0.2) is 4.39 Å². The van der Waals surface area contributed by atoms with E-state index in [1.54, 1.807) is 6.07 Å². The number of carbonyl (C=O) groups is 1. The van der Waals surface area contributed by atoms with E-state index >= 15 is 0 Å². The number of carbonyl (C=O) groups excluding carboxylic acids is 1. The van der Waals surface area contributed by atoms with Crippen LogP contribution in [-0.2, 0) is 11.3 Å². The van der Waals surface area contributed by atoms with E-state index < -0.39 is 0 Å². The molecule has 124 valence electrons. The summed E-state index contributed by atoms with van der Waals surface area (Å²) in [5.74, 6) is 0.588. The largest absolute Gasteiger partial charge is 0.336 e. The van der Waals surface area contributed by atoms with Crippen LogP contribution in [0.5, 0.6) is 0 Å². The molecule has 3 nitrogen and oxygen atoms in total. The lowest BCUT2D eigenvalue weighted by Gasteiger charge is -2.47. The van der Waals surface area contributed by atoms with Crippen LogP contribution in [0.3, 0.4) is 0 Å². The Hall–Kier alpha value is -1.13. The molecule has 1 aromatic rings. The summed E-state index contributed by atoms with van der Waals surface area (Å²) >= 11 is 5.88. The van der Waals surface area contributed by atoms with Gasteiger partial charge in [-0.2, -0.15) is 0 Å². The van der Waals surface area contributed by atoms with E-state index in [0.29, 0.717) is 30.3 Å². The Bertz CT molecular complexity index is 619. The topological polar surface area (TPSA) is 23.6 Å². The van der Waals surface area contributed by atoms with Crippen LogP contribution in [0.1, 0.15) is 37.7 Å². The number of halogens is 2. The van der Waals surface area contributed by atoms with Crippen LogP contribution >= 0.6 is 11.6 Å². The second-order valence-electron chi connectivity index (χ2n) is 7.17. The second kappa shape index (κ2) is 6.06. The number of hydrogen-bond acceptors (Lipinski definition) is 2. The molecule has 1 aliphatic carbocycles. The predicted molar refractivity (Wildman–Crippen MR) is 87.7 cm³/mol. The van der Waals surface area contributed by atoms with Crippen molar-refractivity contribution in [3.8, 4) is 0 Å². The van der Waals surface area contributed by atoms with Crippen LogP contribution in [0.25, 0.3) is 0 Å². The molecule has 1 saturated carbocycles. The predicted octanol–water partition coefficient (Wildman–Crippen LogP) is 3.45. The molecule has 2 saturated heterocycles. The summed E-state index contributed by atoms with van der Waals surface area (Å²) in [5.41, 5.74) is 1.06. The molecule has 0 radical (unpaired) electrons. The van der Waals surface area contributed by atoms with Crippen molar-refractivity contribution in [1.82, 2.24) is 9.80 Å². The van der Waals surface area contributed by atoms with Gasteiger partial charge in [-0.15, -0.1) is 0 Å². The van der Waals surface area contributed by atoms with Gasteiger partial charge in [0.1, 0.15) is 5.82 Å². The van der Waals surface area contributed by atoms with Gasteiger partial charge in [0, 0.05) is 38.1 Å². The minimum atomic E-state index is -0.361. The molecular formula is C18H22ClFN2O. The Kier molecular flexibility index (Phi) is 4.06. The number of benzene rings is 1. The second-order valence-corrected chi connectivity index (χ2v) is 7.58. The van der Waals surface area contributed by atoms with Crippen molar-refractivity contribution < 1.29 is 9.18 Å². The zero-order valence-electron chi connectivity index (χ0n) is 13.2. The Balaban J connectivity index is 1.42. The van der Waals surface area contributed by atoms with Gasteiger partial charge >= 0.3 is 0 Å². The lowest BCUT2D eigenvalue weighted by molar-refractivity contribution is -0.142. The molecule has 2 atom stereocenters. The van der Waals surface area contributed by atoms with Crippen molar-refractivity contribution in [2.45, 2.75) is 50.7 Å². The molecular weight excluding hydrogens is 315 g/mol. The number of rotatable bonds is 3. The van der Waals surface area contributed by atoms with Crippen molar-refractivity contribution in [1.29, 1.82) is 0 Å². The maximum Gasteiger partial charge on any atom is 0.223 e. The number of nitrogens with zero attached hydrogens (tertiary/aromatic N) is 2. The van der Waals surface area contributed by atoms with Gasteiger partial charge in [-0.05, 0) is 49.3 Å². The highest BCUT2D eigenvalue weighted by Crippen LogP contribution is 2.39. The van der Waals surface area contributed by atoms with Crippen LogP contribution in [0.15, 0.2) is 18.2 Å². The number of hydrogen-bond donors (Lipinski definition) is 0. The summed E-state index contributed by atoms with van der Waals surface area (Å²) in [6.45, 7) is 2.82. The molecule has 0 aromatic heterocycles. The Morgan fingerprint density at radius 1 is 1.22 bits per heavy atom. The van der Waals surface area contributed by atoms with Gasteiger partial charge in [0.2, 0.25) is 5.91 Å². The molecule has 4 rings (SSSR count). The third-order valence-corrected chi connectivity index (χ3v) is 5.77. The lowest BCUT2D eigenvalue weighted by atomic mass is 9.83. The van der Waals surface area contributed by atoms with E-state index in [0.717, 1.165) is 38.0 Å². The summed E-state index contributed by atoms with van der Waals surface area (Å²) < 4.78 is 13.3. The third-order valence-electron chi connectivity index (χ3n) is 5.48. The quantitative estimate of drug-likeness (QED) is 0.844. The summed E-state index contributed by atoms with van der Waals surface area (Å²) in [5, 5.41) is 0.195. The van der Waals surface area contributed by atoms with Crippen molar-refractivity contribution in [2.75, 3.05) is 13.1 Å². The van der Waals surface area contributed by atoms with E-state index in [2.05, 4.69) is 9.80 Å². The molecule has 2 heterocycles. The lowest BCUT2D eigenvalue weighted by Crippen LogP contribution is -2.56. The highest BCUT2D eigenvalue weighted by Gasteiger charge is 2.45. The molecule has 1 amide bonds. The van der Waals surface area contributed by atoms with E-state index in [1.807, 2.05) is 6.07 Å². The molecule has 0 bridgehead atoms. The maximum atomic E-state index is 13.3. The van der Waals surface area contributed by atoms with Crippen molar-refractivity contribution in [3.63, 3.8) is 0 Å². The average molecular weight is 337 g/mol. The van der Waals surface area contributed by atoms with E-state index in [4.69, 9.17) is 11.6 Å². The van der Waals surface area contributed by atoms with Crippen LogP contribution in [0.4, 0.5) is 4.39 Å². The van der Waals surface area contributed by atoms with Crippen molar-refractivity contribution in [3.05, 3.63) is 34.6 Å². The van der Waals surface area contributed by atoms with Crippen LogP contribution in [0, 0.1) is 11.7 Å². The minimum absolute atomic E-state index is 0.195. The van der Waals surface area contributed by atoms with Crippen LogP contribution in [0.2, 0.25) is 5.02 Å². The van der Waals surface area contributed by atoms with Gasteiger partial charge in [-0.3, -0.25) is 9.69 Å². The van der Waals surface area contributed by atoms with E-state index in [1.165, 1.54) is 18.9 Å². The molecule has 3 fully saturated rings. The van der Waals surface area contributed by atoms with Gasteiger partial charge in [-0.1, -0.05) is 17.7 Å². The number of amides is 1. The normalized spacial score (nSPS) is 28.8. The van der Waals surface area contributed by atoms with E-state index in [9.17, 15) is 9.18 Å². The molecule has 2 unspecified atom stereocenters. The maximum absolute atomic E-state index is 13.3. The first kappa shape index (κ1) is 15.4. The fraction of sp³-hybridized carbons (Fsp3) is 0.611. The Labute approximate surface area is 141 Å². The number of piperidine rings is 2. The monoisotopic (exact) mass is 336 g/mol. The molecule has 0 N–H and O–H groups in total. The fourth-order valence-corrected chi connectivity index (χ4v) is 4.44. The van der Waals surface area contributed by atoms with Gasteiger partial charge in [0.25, 0.3) is 0 Å². The zero-order chi connectivity index (χ0) is 16.0. The third kappa shape index (κ3) is 3.11. The number of likely N-dealkylation sites (tertiary alicyclic amines) is 2. The number of fused-ring (bicyclic) bond motifs is 1. The summed E-state index contributed by atoms with van der Waals surface area (Å²) in [6.07, 6.45) is 5.14. The van der Waals surface area contributed by atoms with Crippen molar-refractivity contribution in [2.24, 2.45) is 5.92 Å². The SMILES string of the molecule is O=C1CCC2CN(Cc3ccc(F)c(Cl)c3)CCC2N1C1CC1. The molecule has 0 spiro atoms. The molecule has 3 aliphatic rings. The minimum Gasteiger partial charge on any atom is -0.336 e. The summed E-state index contributed by atoms with van der Waals surface area (Å²) in [6, 6.07) is 5.95. The van der Waals surface area contributed by atoms with E-state index in [-0.39, 0.29) is 10.8 Å². The first-order chi connectivity index (χ1) is 11.1. The summed E-state index contributed by atoms with van der Waals surface area (Å²) in [7, 11) is 0. The Morgan fingerprint density at radius 3 is 2.78 bits per heavy atom. The highest BCUT2D eigenvalue weighted by molar-refractivity contribution is 6.30. The van der Waals surface area contributed by atoms with Crippen molar-refractivity contribution >= 4 is 17.5 Å². The molecule has 1 aromatic carbocycles. The standard InChI is InChI=1S/C18H22ClFN2O/c19-15-9-12(1-5-16(15)20)10-21-8-7-17-13(11-21)2-6-18(23)22(17)14-3-4-14/h1,5,9,13-14,17H,2-4,6-8,10-11H2. The molecule has 23 heavy (non-hydrogen) atoms. The smallest absolute Gasteiger partial charge is 0.223 e. The Morgan fingerprint density at radius 2 is 2.04 bits per heavy atom. The molecule has 2 aliphatic heterocycles. The zero-order valence-corrected chi connectivity index (χ0v) is 13.9. The van der Waals surface area contributed by atoms with Crippen LogP contribution in [-0.4, -0.2) is 40.9 Å². The highest BCUT2D eigenvalue weighted by atomic mass is 35.5. The molecule has 5 heteroatoms. The fourth-order valence-electron chi connectivity index (χ4n) is 4.23. The first-order valence-electron chi connectivity index (χ1n) is 8.59. The van der Waals surface area contributed by atoms with Gasteiger partial charge in [0.05, 0.1) is 5.02 Å².